The molecule has 13 heteroatoms. The molecular formula is C32H39Cl2N3O7S. The highest BCUT2D eigenvalue weighted by molar-refractivity contribution is 7.92. The van der Waals surface area contributed by atoms with Crippen LogP contribution < -0.4 is 23.8 Å². The van der Waals surface area contributed by atoms with E-state index >= 15 is 0 Å². The first-order valence-corrected chi connectivity index (χ1v) is 16.6. The second-order valence-corrected chi connectivity index (χ2v) is 12.9. The molecule has 0 radical (unpaired) electrons. The summed E-state index contributed by atoms with van der Waals surface area (Å²) in [4.78, 5) is 28.8. The van der Waals surface area contributed by atoms with Crippen molar-refractivity contribution in [1.29, 1.82) is 0 Å². The number of amides is 2. The van der Waals surface area contributed by atoms with E-state index in [4.69, 9.17) is 37.4 Å². The SMILES string of the molecule is CCOc1ccc(N(CC(=O)N(Cc2c(Cl)cccc2Cl)[C@@H](CC)C(=O)NC(C)C)S(=O)(=O)c2ccc(OC)c(OC)c2)cc1. The Morgan fingerprint density at radius 2 is 1.53 bits per heavy atom. The molecule has 0 heterocycles. The molecule has 45 heavy (non-hydrogen) atoms. The van der Waals surface area contributed by atoms with Gasteiger partial charge in [0.05, 0.1) is 31.4 Å². The number of anilines is 1. The smallest absolute Gasteiger partial charge is 0.264 e. The highest BCUT2D eigenvalue weighted by Gasteiger charge is 2.35. The molecule has 0 saturated heterocycles. The quantitative estimate of drug-likeness (QED) is 0.212. The lowest BCUT2D eigenvalue weighted by Gasteiger charge is -2.34. The molecule has 0 fully saturated rings. The van der Waals surface area contributed by atoms with E-state index in [0.29, 0.717) is 33.7 Å². The van der Waals surface area contributed by atoms with Gasteiger partial charge in [0.2, 0.25) is 11.8 Å². The summed E-state index contributed by atoms with van der Waals surface area (Å²) < 4.78 is 45.7. The number of nitrogens with zero attached hydrogens (tertiary/aromatic N) is 2. The molecule has 2 amide bonds. The highest BCUT2D eigenvalue weighted by atomic mass is 35.5. The lowest BCUT2D eigenvalue weighted by molar-refractivity contribution is -0.140. The first-order chi connectivity index (χ1) is 21.4. The van der Waals surface area contributed by atoms with Crippen LogP contribution in [0.1, 0.15) is 39.7 Å². The average Bonchev–Trinajstić information content (AvgIpc) is 3.00. The summed E-state index contributed by atoms with van der Waals surface area (Å²) in [6.07, 6.45) is 0.248. The summed E-state index contributed by atoms with van der Waals surface area (Å²) in [7, 11) is -1.53. The molecule has 0 bridgehead atoms. The van der Waals surface area contributed by atoms with Gasteiger partial charge in [0, 0.05) is 34.3 Å². The molecule has 0 aliphatic rings. The Morgan fingerprint density at radius 1 is 0.911 bits per heavy atom. The topological polar surface area (TPSA) is 114 Å². The molecule has 3 aromatic carbocycles. The van der Waals surface area contributed by atoms with Crippen LogP contribution in [-0.2, 0) is 26.2 Å². The van der Waals surface area contributed by atoms with Crippen molar-refractivity contribution >= 4 is 50.7 Å². The average molecular weight is 681 g/mol. The zero-order valence-corrected chi connectivity index (χ0v) is 28.5. The maximum atomic E-state index is 14.3. The minimum Gasteiger partial charge on any atom is -0.494 e. The fourth-order valence-electron chi connectivity index (χ4n) is 4.66. The molecule has 1 N–H and O–H groups in total. The van der Waals surface area contributed by atoms with Crippen molar-refractivity contribution < 1.29 is 32.2 Å². The van der Waals surface area contributed by atoms with Crippen LogP contribution in [0.25, 0.3) is 0 Å². The third-order valence-corrected chi connectivity index (χ3v) is 9.34. The minimum absolute atomic E-state index is 0.130. The van der Waals surface area contributed by atoms with E-state index in [-0.39, 0.29) is 41.2 Å². The first-order valence-electron chi connectivity index (χ1n) is 14.4. The van der Waals surface area contributed by atoms with Crippen molar-refractivity contribution in [1.82, 2.24) is 10.2 Å². The van der Waals surface area contributed by atoms with Crippen molar-refractivity contribution in [3.8, 4) is 17.2 Å². The van der Waals surface area contributed by atoms with E-state index in [9.17, 15) is 18.0 Å². The fourth-order valence-corrected chi connectivity index (χ4v) is 6.61. The van der Waals surface area contributed by atoms with Gasteiger partial charge < -0.3 is 24.4 Å². The van der Waals surface area contributed by atoms with Gasteiger partial charge in [-0.1, -0.05) is 36.2 Å². The van der Waals surface area contributed by atoms with Crippen LogP contribution in [0.4, 0.5) is 5.69 Å². The van der Waals surface area contributed by atoms with Crippen LogP contribution in [0.15, 0.2) is 65.6 Å². The monoisotopic (exact) mass is 679 g/mol. The number of rotatable bonds is 15. The molecule has 0 aromatic heterocycles. The third kappa shape index (κ3) is 8.74. The molecule has 0 spiro atoms. The van der Waals surface area contributed by atoms with Gasteiger partial charge >= 0.3 is 0 Å². The molecular weight excluding hydrogens is 641 g/mol. The molecule has 0 unspecified atom stereocenters. The number of hydrogen-bond acceptors (Lipinski definition) is 7. The van der Waals surface area contributed by atoms with Crippen LogP contribution in [0.3, 0.4) is 0 Å². The van der Waals surface area contributed by atoms with Crippen molar-refractivity contribution in [3.63, 3.8) is 0 Å². The Kier molecular flexibility index (Phi) is 12.8. The van der Waals surface area contributed by atoms with Crippen LogP contribution in [-0.4, -0.2) is 64.6 Å². The van der Waals surface area contributed by atoms with E-state index in [1.807, 2.05) is 20.8 Å². The first kappa shape index (κ1) is 35.8. The van der Waals surface area contributed by atoms with Gasteiger partial charge in [0.25, 0.3) is 10.0 Å². The van der Waals surface area contributed by atoms with Gasteiger partial charge in [-0.3, -0.25) is 13.9 Å². The number of methoxy groups -OCH3 is 2. The van der Waals surface area contributed by atoms with Gasteiger partial charge in [-0.15, -0.1) is 0 Å². The Morgan fingerprint density at radius 3 is 2.07 bits per heavy atom. The number of sulfonamides is 1. The van der Waals surface area contributed by atoms with Crippen molar-refractivity contribution in [3.05, 3.63) is 76.3 Å². The molecule has 3 rings (SSSR count). The normalized spacial score (nSPS) is 11.9. The molecule has 3 aromatic rings. The van der Waals surface area contributed by atoms with Gasteiger partial charge in [-0.25, -0.2) is 8.42 Å². The zero-order chi connectivity index (χ0) is 33.3. The van der Waals surface area contributed by atoms with E-state index in [2.05, 4.69) is 5.32 Å². The largest absolute Gasteiger partial charge is 0.494 e. The van der Waals surface area contributed by atoms with Crippen molar-refractivity contribution in [2.24, 2.45) is 0 Å². The van der Waals surface area contributed by atoms with E-state index < -0.39 is 28.5 Å². The van der Waals surface area contributed by atoms with Crippen molar-refractivity contribution in [2.45, 2.75) is 57.6 Å². The number of carbonyl (C=O) groups excluding carboxylic acids is 2. The Balaban J connectivity index is 2.15. The zero-order valence-electron chi connectivity index (χ0n) is 26.2. The fraction of sp³-hybridized carbons (Fsp3) is 0.375. The maximum absolute atomic E-state index is 14.3. The van der Waals surface area contributed by atoms with Gasteiger partial charge in [0.1, 0.15) is 18.3 Å². The Hall–Kier alpha value is -3.67. The number of nitrogens with one attached hydrogen (secondary N) is 1. The Labute approximate surface area is 275 Å². The minimum atomic E-state index is -4.37. The van der Waals surface area contributed by atoms with Gasteiger partial charge in [-0.05, 0) is 75.7 Å². The summed E-state index contributed by atoms with van der Waals surface area (Å²) in [5, 5.41) is 3.47. The summed E-state index contributed by atoms with van der Waals surface area (Å²) >= 11 is 12.9. The summed E-state index contributed by atoms with van der Waals surface area (Å²) in [6, 6.07) is 14.3. The highest BCUT2D eigenvalue weighted by Crippen LogP contribution is 2.33. The van der Waals surface area contributed by atoms with Crippen LogP contribution >= 0.6 is 23.2 Å². The standard InChI is InChI=1S/C32H39Cl2N3O7S/c1-7-28(32(39)35-21(3)4)36(19-25-26(33)10-9-11-27(25)34)31(38)20-37(22-12-14-23(15-13-22)44-8-2)45(40,41)24-16-17-29(42-5)30(18-24)43-6/h9-18,21,28H,7-8,19-20H2,1-6H3,(H,35,39)/t28-/m0/s1. The van der Waals surface area contributed by atoms with E-state index in [1.54, 1.807) is 49.4 Å². The molecule has 10 nitrogen and oxygen atoms in total. The van der Waals surface area contributed by atoms with E-state index in [1.165, 1.54) is 37.3 Å². The molecule has 0 saturated carbocycles. The van der Waals surface area contributed by atoms with Crippen LogP contribution in [0, 0.1) is 0 Å². The summed E-state index contributed by atoms with van der Waals surface area (Å²) in [6.45, 7) is 6.87. The third-order valence-electron chi connectivity index (χ3n) is 6.86. The lowest BCUT2D eigenvalue weighted by atomic mass is 10.1. The number of ether oxygens (including phenoxy) is 3. The number of benzene rings is 3. The number of hydrogen-bond donors (Lipinski definition) is 1. The number of halogens is 2. The molecule has 244 valence electrons. The number of carbonyl (C=O) groups is 2. The second-order valence-electron chi connectivity index (χ2n) is 10.3. The molecule has 0 aliphatic carbocycles. The molecule has 0 aliphatic heterocycles. The molecule has 1 atom stereocenters. The predicted octanol–water partition coefficient (Wildman–Crippen LogP) is 5.94. The summed E-state index contributed by atoms with van der Waals surface area (Å²) in [5.41, 5.74) is 0.636. The lowest BCUT2D eigenvalue weighted by Crippen LogP contribution is -2.53. The maximum Gasteiger partial charge on any atom is 0.264 e. The van der Waals surface area contributed by atoms with Crippen molar-refractivity contribution in [2.75, 3.05) is 31.7 Å². The predicted molar refractivity (Wildman–Crippen MR) is 176 cm³/mol. The van der Waals surface area contributed by atoms with Gasteiger partial charge in [0.15, 0.2) is 11.5 Å². The van der Waals surface area contributed by atoms with Gasteiger partial charge in [-0.2, -0.15) is 0 Å². The summed E-state index contributed by atoms with van der Waals surface area (Å²) in [5.74, 6) is 0.0318. The van der Waals surface area contributed by atoms with Crippen LogP contribution in [0.2, 0.25) is 10.0 Å². The van der Waals surface area contributed by atoms with E-state index in [0.717, 1.165) is 4.31 Å². The van der Waals surface area contributed by atoms with Crippen LogP contribution in [0.5, 0.6) is 17.2 Å². The Bertz CT molecular complexity index is 1560. The second kappa shape index (κ2) is 16.1.